The average molecular weight is 305 g/mol. The van der Waals surface area contributed by atoms with Crippen LogP contribution in [-0.2, 0) is 0 Å². The first-order valence-corrected chi connectivity index (χ1v) is 7.28. The number of carboxylic acid groups (broad SMARTS) is 1. The Morgan fingerprint density at radius 3 is 2.57 bits per heavy atom. The Morgan fingerprint density at radius 2 is 2.05 bits per heavy atom. The number of nitrogens with zero attached hydrogens (tertiary/aromatic N) is 1. The van der Waals surface area contributed by atoms with E-state index < -0.39 is 5.97 Å². The van der Waals surface area contributed by atoms with Crippen LogP contribution in [-0.4, -0.2) is 22.1 Å². The quantitative estimate of drug-likeness (QED) is 0.791. The van der Waals surface area contributed by atoms with Crippen LogP contribution in [0.2, 0.25) is 0 Å². The lowest BCUT2D eigenvalue weighted by Crippen LogP contribution is -2.32. The average Bonchev–Trinajstić information content (AvgIpc) is 2.99. The fraction of sp³-hybridized carbons (Fsp3) is 0.214. The lowest BCUT2D eigenvalue weighted by molar-refractivity contribution is 0.0697. The minimum Gasteiger partial charge on any atom is -0.478 e. The highest BCUT2D eigenvalue weighted by molar-refractivity contribution is 7.09. The molecule has 2 amide bonds. The van der Waals surface area contributed by atoms with Crippen LogP contribution in [0.15, 0.2) is 35.8 Å². The molecule has 0 saturated heterocycles. The first-order chi connectivity index (χ1) is 10.1. The van der Waals surface area contributed by atoms with E-state index in [1.807, 2.05) is 12.3 Å². The van der Waals surface area contributed by atoms with Crippen LogP contribution in [0.1, 0.15) is 34.8 Å². The molecule has 0 aliphatic carbocycles. The van der Waals surface area contributed by atoms with E-state index in [2.05, 4.69) is 15.6 Å². The second-order valence-electron chi connectivity index (χ2n) is 4.31. The second-order valence-corrected chi connectivity index (χ2v) is 5.24. The molecule has 2 rings (SSSR count). The Bertz CT molecular complexity index is 611. The van der Waals surface area contributed by atoms with Gasteiger partial charge >= 0.3 is 12.0 Å². The van der Waals surface area contributed by atoms with E-state index in [4.69, 9.17) is 5.11 Å². The number of benzene rings is 1. The van der Waals surface area contributed by atoms with Gasteiger partial charge in [-0.2, -0.15) is 0 Å². The molecule has 0 saturated carbocycles. The number of carbonyl (C=O) groups is 2. The van der Waals surface area contributed by atoms with Gasteiger partial charge in [0.15, 0.2) is 0 Å². The van der Waals surface area contributed by atoms with Gasteiger partial charge in [-0.15, -0.1) is 11.3 Å². The molecule has 0 aliphatic rings. The van der Waals surface area contributed by atoms with Gasteiger partial charge in [0.1, 0.15) is 5.01 Å². The number of rotatable bonds is 5. The summed E-state index contributed by atoms with van der Waals surface area (Å²) in [6.07, 6.45) is 2.44. The Kier molecular flexibility index (Phi) is 4.89. The number of aromatic carboxylic acids is 1. The predicted octanol–water partition coefficient (Wildman–Crippen LogP) is 3.11. The zero-order chi connectivity index (χ0) is 15.2. The van der Waals surface area contributed by atoms with E-state index in [0.717, 1.165) is 11.4 Å². The first-order valence-electron chi connectivity index (χ1n) is 6.40. The summed E-state index contributed by atoms with van der Waals surface area (Å²) in [5.74, 6) is -0.999. The van der Waals surface area contributed by atoms with Crippen molar-refractivity contribution in [3.63, 3.8) is 0 Å². The maximum absolute atomic E-state index is 11.9. The van der Waals surface area contributed by atoms with Crippen molar-refractivity contribution < 1.29 is 14.7 Å². The SMILES string of the molecule is CCC(NC(=O)Nc1ccc(C(=O)O)cc1)c1nccs1. The summed E-state index contributed by atoms with van der Waals surface area (Å²) in [4.78, 5) is 26.9. The van der Waals surface area contributed by atoms with Crippen molar-refractivity contribution in [2.45, 2.75) is 19.4 Å². The number of nitrogens with one attached hydrogen (secondary N) is 2. The van der Waals surface area contributed by atoms with Crippen molar-refractivity contribution in [1.29, 1.82) is 0 Å². The summed E-state index contributed by atoms with van der Waals surface area (Å²) in [5.41, 5.74) is 0.710. The molecule has 1 aromatic carbocycles. The monoisotopic (exact) mass is 305 g/mol. The van der Waals surface area contributed by atoms with Crippen LogP contribution in [0.3, 0.4) is 0 Å². The van der Waals surface area contributed by atoms with E-state index in [1.54, 1.807) is 18.3 Å². The maximum atomic E-state index is 11.9. The van der Waals surface area contributed by atoms with Gasteiger partial charge in [-0.3, -0.25) is 0 Å². The van der Waals surface area contributed by atoms with E-state index in [1.165, 1.54) is 23.5 Å². The van der Waals surface area contributed by atoms with Gasteiger partial charge in [-0.25, -0.2) is 14.6 Å². The zero-order valence-corrected chi connectivity index (χ0v) is 12.2. The summed E-state index contributed by atoms with van der Waals surface area (Å²) < 4.78 is 0. The molecule has 0 aliphatic heterocycles. The number of carbonyl (C=O) groups excluding carboxylic acids is 1. The van der Waals surface area contributed by atoms with Crippen molar-refractivity contribution in [2.24, 2.45) is 0 Å². The fourth-order valence-electron chi connectivity index (χ4n) is 1.77. The Hall–Kier alpha value is -2.41. The zero-order valence-electron chi connectivity index (χ0n) is 11.4. The number of hydrogen-bond donors (Lipinski definition) is 3. The van der Waals surface area contributed by atoms with Gasteiger partial charge in [0, 0.05) is 17.3 Å². The van der Waals surface area contributed by atoms with Crippen molar-refractivity contribution >= 4 is 29.0 Å². The van der Waals surface area contributed by atoms with Gasteiger partial charge in [0.25, 0.3) is 0 Å². The van der Waals surface area contributed by atoms with Gasteiger partial charge in [-0.05, 0) is 30.7 Å². The topological polar surface area (TPSA) is 91.3 Å². The minimum absolute atomic E-state index is 0.136. The number of amides is 2. The van der Waals surface area contributed by atoms with Crippen molar-refractivity contribution in [3.8, 4) is 0 Å². The Balaban J connectivity index is 1.96. The highest BCUT2D eigenvalue weighted by Crippen LogP contribution is 2.19. The highest BCUT2D eigenvalue weighted by Gasteiger charge is 2.15. The number of anilines is 1. The smallest absolute Gasteiger partial charge is 0.335 e. The Labute approximate surface area is 125 Å². The normalized spacial score (nSPS) is 11.7. The lowest BCUT2D eigenvalue weighted by Gasteiger charge is -2.15. The fourth-order valence-corrected chi connectivity index (χ4v) is 2.54. The molecule has 3 N–H and O–H groups in total. The second kappa shape index (κ2) is 6.85. The lowest BCUT2D eigenvalue weighted by atomic mass is 10.2. The molecule has 0 fully saturated rings. The molecule has 1 atom stereocenters. The molecule has 0 radical (unpaired) electrons. The summed E-state index contributed by atoms with van der Waals surface area (Å²) in [5, 5.41) is 17.0. The molecule has 6 nitrogen and oxygen atoms in total. The number of urea groups is 1. The molecule has 1 unspecified atom stereocenters. The molecular formula is C14H15N3O3S. The molecule has 7 heteroatoms. The molecular weight excluding hydrogens is 290 g/mol. The number of thiazole rings is 1. The van der Waals surface area contributed by atoms with Crippen LogP contribution in [0, 0.1) is 0 Å². The molecule has 21 heavy (non-hydrogen) atoms. The number of hydrogen-bond acceptors (Lipinski definition) is 4. The van der Waals surface area contributed by atoms with Crippen LogP contribution < -0.4 is 10.6 Å². The highest BCUT2D eigenvalue weighted by atomic mass is 32.1. The first kappa shape index (κ1) is 15.0. The van der Waals surface area contributed by atoms with E-state index in [0.29, 0.717) is 5.69 Å². The van der Waals surface area contributed by atoms with Gasteiger partial charge in [-0.1, -0.05) is 6.92 Å². The van der Waals surface area contributed by atoms with Crippen LogP contribution in [0.5, 0.6) is 0 Å². The summed E-state index contributed by atoms with van der Waals surface area (Å²) in [6.45, 7) is 1.97. The standard InChI is InChI=1S/C14H15N3O3S/c1-2-11(12-15-7-8-21-12)17-14(20)16-10-5-3-9(4-6-10)13(18)19/h3-8,11H,2H2,1H3,(H,18,19)(H2,16,17,20). The van der Waals surface area contributed by atoms with E-state index >= 15 is 0 Å². The largest absolute Gasteiger partial charge is 0.478 e. The summed E-state index contributed by atoms with van der Waals surface area (Å²) in [6, 6.07) is 5.50. The van der Waals surface area contributed by atoms with Gasteiger partial charge in [0.2, 0.25) is 0 Å². The minimum atomic E-state index is -0.999. The molecule has 110 valence electrons. The van der Waals surface area contributed by atoms with Crippen molar-refractivity contribution in [3.05, 3.63) is 46.4 Å². The third-order valence-electron chi connectivity index (χ3n) is 2.85. The Morgan fingerprint density at radius 1 is 1.33 bits per heavy atom. The van der Waals surface area contributed by atoms with Crippen LogP contribution >= 0.6 is 11.3 Å². The maximum Gasteiger partial charge on any atom is 0.335 e. The molecule has 1 heterocycles. The molecule has 0 spiro atoms. The third kappa shape index (κ3) is 4.03. The van der Waals surface area contributed by atoms with Gasteiger partial charge in [0.05, 0.1) is 11.6 Å². The molecule has 2 aromatic rings. The summed E-state index contributed by atoms with van der Waals surface area (Å²) in [7, 11) is 0. The third-order valence-corrected chi connectivity index (χ3v) is 3.74. The van der Waals surface area contributed by atoms with E-state index in [9.17, 15) is 9.59 Å². The number of aromatic nitrogens is 1. The van der Waals surface area contributed by atoms with Crippen molar-refractivity contribution in [2.75, 3.05) is 5.32 Å². The molecule has 1 aromatic heterocycles. The van der Waals surface area contributed by atoms with E-state index in [-0.39, 0.29) is 17.6 Å². The van der Waals surface area contributed by atoms with Crippen LogP contribution in [0.4, 0.5) is 10.5 Å². The summed E-state index contributed by atoms with van der Waals surface area (Å²) >= 11 is 1.49. The van der Waals surface area contributed by atoms with Crippen LogP contribution in [0.25, 0.3) is 0 Å². The number of carboxylic acids is 1. The molecule has 0 bridgehead atoms. The predicted molar refractivity (Wildman–Crippen MR) is 80.7 cm³/mol. The van der Waals surface area contributed by atoms with Gasteiger partial charge < -0.3 is 15.7 Å². The van der Waals surface area contributed by atoms with Crippen molar-refractivity contribution in [1.82, 2.24) is 10.3 Å².